The Labute approximate surface area is 265 Å². The summed E-state index contributed by atoms with van der Waals surface area (Å²) in [6.07, 6.45) is 3.96. The Bertz CT molecular complexity index is 1490. The van der Waals surface area contributed by atoms with E-state index in [-0.39, 0.29) is 30.4 Å². The maximum absolute atomic E-state index is 14.5. The summed E-state index contributed by atoms with van der Waals surface area (Å²) in [6.45, 7) is 2.94. The summed E-state index contributed by atoms with van der Waals surface area (Å²) in [7, 11) is 1.60. The van der Waals surface area contributed by atoms with Gasteiger partial charge in [0.15, 0.2) is 0 Å². The van der Waals surface area contributed by atoms with Crippen molar-refractivity contribution < 1.29 is 28.7 Å². The molecular weight excluding hydrogens is 628 g/mol. The van der Waals surface area contributed by atoms with E-state index in [0.717, 1.165) is 28.4 Å². The van der Waals surface area contributed by atoms with Gasteiger partial charge in [-0.2, -0.15) is 0 Å². The number of carbonyl (C=O) groups is 5. The lowest BCUT2D eigenvalue weighted by atomic mass is 9.77. The largest absolute Gasteiger partial charge is 0.488 e. The van der Waals surface area contributed by atoms with Gasteiger partial charge < -0.3 is 19.9 Å². The van der Waals surface area contributed by atoms with Crippen molar-refractivity contribution in [2.24, 2.45) is 11.8 Å². The number of hydrogen-bond acceptors (Lipinski definition) is 6. The van der Waals surface area contributed by atoms with Crippen molar-refractivity contribution in [2.75, 3.05) is 33.2 Å². The van der Waals surface area contributed by atoms with Gasteiger partial charge >= 0.3 is 0 Å². The zero-order valence-corrected chi connectivity index (χ0v) is 26.6. The zero-order chi connectivity index (χ0) is 31.1. The maximum atomic E-state index is 14.5. The summed E-state index contributed by atoms with van der Waals surface area (Å²) in [5, 5.41) is 2.74. The van der Waals surface area contributed by atoms with Gasteiger partial charge in [0.2, 0.25) is 17.7 Å². The van der Waals surface area contributed by atoms with Crippen molar-refractivity contribution in [2.45, 2.75) is 57.6 Å². The molecule has 2 aromatic carbocycles. The van der Waals surface area contributed by atoms with Crippen molar-refractivity contribution in [1.82, 2.24) is 20.0 Å². The molecule has 3 heterocycles. The lowest BCUT2D eigenvalue weighted by Gasteiger charge is -2.43. The van der Waals surface area contributed by atoms with Gasteiger partial charge in [-0.05, 0) is 49.1 Å². The van der Waals surface area contributed by atoms with Crippen LogP contribution in [0.2, 0.25) is 0 Å². The van der Waals surface area contributed by atoms with E-state index in [1.807, 2.05) is 12.1 Å². The molecule has 5 amide bonds. The minimum Gasteiger partial charge on any atom is -0.488 e. The van der Waals surface area contributed by atoms with Crippen LogP contribution < -0.4 is 10.1 Å². The quantitative estimate of drug-likeness (QED) is 0.471. The number of hydrogen-bond donors (Lipinski definition) is 1. The molecule has 0 radical (unpaired) electrons. The molecule has 2 aromatic rings. The fourth-order valence-electron chi connectivity index (χ4n) is 7.34. The Morgan fingerprint density at radius 1 is 0.955 bits per heavy atom. The van der Waals surface area contributed by atoms with Gasteiger partial charge in [-0.1, -0.05) is 40.9 Å². The number of halogens is 1. The Morgan fingerprint density at radius 2 is 1.64 bits per heavy atom. The van der Waals surface area contributed by atoms with E-state index < -0.39 is 29.7 Å². The maximum Gasteiger partial charge on any atom is 0.261 e. The lowest BCUT2D eigenvalue weighted by Crippen LogP contribution is -2.51. The van der Waals surface area contributed by atoms with Gasteiger partial charge in [0.05, 0.1) is 30.3 Å². The van der Waals surface area contributed by atoms with Gasteiger partial charge in [-0.25, -0.2) is 0 Å². The molecule has 10 nitrogen and oxygen atoms in total. The number of fused-ring (bicyclic) bond motifs is 2. The summed E-state index contributed by atoms with van der Waals surface area (Å²) in [6, 6.07) is 9.86. The summed E-state index contributed by atoms with van der Waals surface area (Å²) in [5.41, 5.74) is 2.41. The van der Waals surface area contributed by atoms with Gasteiger partial charge in [-0.3, -0.25) is 28.9 Å². The third kappa shape index (κ3) is 5.39. The molecule has 1 saturated carbocycles. The highest BCUT2D eigenvalue weighted by Crippen LogP contribution is 2.44. The van der Waals surface area contributed by atoms with E-state index >= 15 is 0 Å². The zero-order valence-electron chi connectivity index (χ0n) is 25.0. The minimum atomic E-state index is -0.682. The molecule has 44 heavy (non-hydrogen) atoms. The van der Waals surface area contributed by atoms with Crippen molar-refractivity contribution in [1.29, 1.82) is 0 Å². The molecular formula is C33H37BrN4O6. The first-order valence-corrected chi connectivity index (χ1v) is 16.2. The van der Waals surface area contributed by atoms with Crippen LogP contribution in [-0.2, 0) is 20.8 Å². The van der Waals surface area contributed by atoms with Crippen LogP contribution in [0.5, 0.6) is 5.75 Å². The average molecular weight is 666 g/mol. The van der Waals surface area contributed by atoms with Crippen molar-refractivity contribution in [3.63, 3.8) is 0 Å². The Kier molecular flexibility index (Phi) is 8.50. The summed E-state index contributed by atoms with van der Waals surface area (Å²) >= 11 is 3.70. The van der Waals surface area contributed by atoms with Gasteiger partial charge in [0.25, 0.3) is 11.8 Å². The smallest absolute Gasteiger partial charge is 0.261 e. The molecule has 3 aliphatic heterocycles. The molecule has 2 fully saturated rings. The van der Waals surface area contributed by atoms with Crippen LogP contribution in [0.15, 0.2) is 40.9 Å². The lowest BCUT2D eigenvalue weighted by molar-refractivity contribution is -0.146. The highest BCUT2D eigenvalue weighted by Gasteiger charge is 2.45. The molecule has 4 aliphatic rings. The highest BCUT2D eigenvalue weighted by molar-refractivity contribution is 9.10. The number of likely N-dealkylation sites (tertiary alicyclic amines) is 1. The van der Waals surface area contributed by atoms with E-state index in [2.05, 4.69) is 21.2 Å². The Balaban J connectivity index is 1.40. The van der Waals surface area contributed by atoms with E-state index in [9.17, 15) is 24.0 Å². The minimum absolute atomic E-state index is 0.00707. The monoisotopic (exact) mass is 664 g/mol. The summed E-state index contributed by atoms with van der Waals surface area (Å²) < 4.78 is 7.42. The first-order valence-electron chi connectivity index (χ1n) is 15.4. The molecule has 0 aromatic heterocycles. The van der Waals surface area contributed by atoms with Crippen molar-refractivity contribution in [3.8, 4) is 5.75 Å². The number of benzene rings is 2. The number of nitrogens with zero attached hydrogens (tertiary/aromatic N) is 3. The molecule has 0 bridgehead atoms. The average Bonchev–Trinajstić information content (AvgIpc) is 3.61. The third-order valence-corrected chi connectivity index (χ3v) is 10.4. The fourth-order valence-corrected chi connectivity index (χ4v) is 7.89. The topological polar surface area (TPSA) is 116 Å². The standard InChI is InChI=1S/C33H37BrN4O6/c1-19(39)36-15-13-20(17-36)44-28-12-11-26(34)25-14-16-37(31(41)22-8-4-3-7-21(22)30(40)35-2)27(29(25)28)18-38-32(42)23-9-5-6-10-24(23)33(38)43/h5-6,9-12,20-22,27H,3-4,7-8,13-18H2,1-2H3,(H,35,40)/t20-,21+,22?,27+/m0/s1. The molecule has 6 rings (SSSR count). The second kappa shape index (κ2) is 12.3. The van der Waals surface area contributed by atoms with Crippen LogP contribution in [0, 0.1) is 11.8 Å². The number of carbonyl (C=O) groups excluding carboxylic acids is 5. The van der Waals surface area contributed by atoms with Crippen LogP contribution in [0.4, 0.5) is 0 Å². The second-order valence-corrected chi connectivity index (χ2v) is 13.0. The van der Waals surface area contributed by atoms with E-state index in [0.29, 0.717) is 62.2 Å². The van der Waals surface area contributed by atoms with E-state index in [1.165, 1.54) is 4.90 Å². The van der Waals surface area contributed by atoms with Crippen LogP contribution in [-0.4, -0.2) is 83.6 Å². The molecule has 1 saturated heterocycles. The second-order valence-electron chi connectivity index (χ2n) is 12.1. The van der Waals surface area contributed by atoms with Crippen molar-refractivity contribution >= 4 is 45.5 Å². The van der Waals surface area contributed by atoms with Gasteiger partial charge in [0, 0.05) is 55.4 Å². The number of nitrogens with one attached hydrogen (secondary N) is 1. The summed E-state index contributed by atoms with van der Waals surface area (Å²) in [5.74, 6) is -1.42. The van der Waals surface area contributed by atoms with Crippen LogP contribution >= 0.6 is 15.9 Å². The first-order chi connectivity index (χ1) is 21.2. The van der Waals surface area contributed by atoms with Crippen LogP contribution in [0.3, 0.4) is 0 Å². The van der Waals surface area contributed by atoms with Crippen molar-refractivity contribution in [3.05, 3.63) is 63.1 Å². The molecule has 232 valence electrons. The molecule has 4 atom stereocenters. The number of rotatable bonds is 6. The van der Waals surface area contributed by atoms with Gasteiger partial charge in [0.1, 0.15) is 11.9 Å². The third-order valence-electron chi connectivity index (χ3n) is 9.64. The highest BCUT2D eigenvalue weighted by atomic mass is 79.9. The first kappa shape index (κ1) is 30.3. The normalized spacial score (nSPS) is 24.7. The number of amides is 5. The molecule has 1 unspecified atom stereocenters. The molecule has 1 aliphatic carbocycles. The fraction of sp³-hybridized carbons (Fsp3) is 0.485. The molecule has 11 heteroatoms. The molecule has 0 spiro atoms. The van der Waals surface area contributed by atoms with E-state index in [1.54, 1.807) is 48.0 Å². The number of ether oxygens (including phenoxy) is 1. The van der Waals surface area contributed by atoms with Gasteiger partial charge in [-0.15, -0.1) is 0 Å². The predicted molar refractivity (Wildman–Crippen MR) is 165 cm³/mol. The number of imide groups is 1. The van der Waals surface area contributed by atoms with E-state index in [4.69, 9.17) is 4.74 Å². The van der Waals surface area contributed by atoms with Crippen LogP contribution in [0.25, 0.3) is 0 Å². The van der Waals surface area contributed by atoms with Crippen LogP contribution in [0.1, 0.15) is 76.9 Å². The Morgan fingerprint density at radius 3 is 2.27 bits per heavy atom. The molecule has 1 N–H and O–H groups in total. The Hall–Kier alpha value is -3.73. The SMILES string of the molecule is CNC(=O)[C@@H]1CCCCC1C(=O)N1CCc2c(Br)ccc(O[C@H]3CCN(C(C)=O)C3)c2[C@H]1CN1C(=O)c2ccccc2C1=O. The summed E-state index contributed by atoms with van der Waals surface area (Å²) in [4.78, 5) is 71.2. The predicted octanol–water partition coefficient (Wildman–Crippen LogP) is 3.72.